The second kappa shape index (κ2) is 6.29. The van der Waals surface area contributed by atoms with Gasteiger partial charge in [-0.2, -0.15) is 0 Å². The van der Waals surface area contributed by atoms with Crippen molar-refractivity contribution >= 4 is 17.3 Å². The molecule has 1 fully saturated rings. The molecule has 0 radical (unpaired) electrons. The third-order valence-electron chi connectivity index (χ3n) is 3.82. The average Bonchev–Trinajstić information content (AvgIpc) is 2.74. The van der Waals surface area contributed by atoms with Gasteiger partial charge < -0.3 is 10.2 Å². The Morgan fingerprint density at radius 3 is 2.55 bits per heavy atom. The topological polar surface area (TPSA) is 15.3 Å². The molecule has 2 aromatic carbocycles. The number of halogens is 1. The summed E-state index contributed by atoms with van der Waals surface area (Å²) in [5, 5.41) is 4.37. The van der Waals surface area contributed by atoms with Crippen molar-refractivity contribution in [2.24, 2.45) is 0 Å². The molecule has 1 aliphatic rings. The Labute approximate surface area is 125 Å². The summed E-state index contributed by atoms with van der Waals surface area (Å²) in [7, 11) is 0. The van der Waals surface area contributed by atoms with E-state index < -0.39 is 0 Å². The quantitative estimate of drug-likeness (QED) is 0.901. The van der Waals surface area contributed by atoms with Crippen LogP contribution in [0.5, 0.6) is 0 Å². The van der Waals surface area contributed by atoms with Crippen molar-refractivity contribution in [3.8, 4) is 0 Å². The zero-order valence-electron chi connectivity index (χ0n) is 11.4. The van der Waals surface area contributed by atoms with E-state index >= 15 is 0 Å². The van der Waals surface area contributed by atoms with Crippen LogP contribution in [-0.4, -0.2) is 19.6 Å². The van der Waals surface area contributed by atoms with E-state index in [1.807, 2.05) is 12.1 Å². The number of hydrogen-bond acceptors (Lipinski definition) is 2. The molecule has 0 bridgehead atoms. The average molecular weight is 287 g/mol. The van der Waals surface area contributed by atoms with Crippen molar-refractivity contribution in [3.63, 3.8) is 0 Å². The van der Waals surface area contributed by atoms with Crippen LogP contribution in [-0.2, 0) is 0 Å². The number of anilines is 1. The van der Waals surface area contributed by atoms with Crippen LogP contribution in [0.3, 0.4) is 0 Å². The van der Waals surface area contributed by atoms with Gasteiger partial charge in [-0.25, -0.2) is 0 Å². The van der Waals surface area contributed by atoms with Crippen molar-refractivity contribution in [2.75, 3.05) is 24.5 Å². The molecule has 0 aromatic heterocycles. The normalized spacial score (nSPS) is 19.6. The fourth-order valence-corrected chi connectivity index (χ4v) is 3.09. The molecule has 2 nitrogen and oxygen atoms in total. The van der Waals surface area contributed by atoms with Gasteiger partial charge in [-0.1, -0.05) is 48.0 Å². The van der Waals surface area contributed by atoms with Gasteiger partial charge >= 0.3 is 0 Å². The lowest BCUT2D eigenvalue weighted by Gasteiger charge is -2.32. The van der Waals surface area contributed by atoms with E-state index in [0.29, 0.717) is 0 Å². The Balaban J connectivity index is 1.98. The molecule has 2 aromatic rings. The van der Waals surface area contributed by atoms with Gasteiger partial charge in [-0.15, -0.1) is 0 Å². The molecule has 1 saturated heterocycles. The van der Waals surface area contributed by atoms with E-state index in [4.69, 9.17) is 11.6 Å². The Morgan fingerprint density at radius 1 is 1.00 bits per heavy atom. The largest absolute Gasteiger partial charge is 0.363 e. The third-order valence-corrected chi connectivity index (χ3v) is 4.16. The number of benzene rings is 2. The summed E-state index contributed by atoms with van der Waals surface area (Å²) in [6.45, 7) is 3.04. The van der Waals surface area contributed by atoms with Crippen LogP contribution in [0.2, 0.25) is 5.02 Å². The molecular formula is C17H19ClN2. The van der Waals surface area contributed by atoms with Gasteiger partial charge in [-0.05, 0) is 36.7 Å². The molecule has 3 rings (SSSR count). The lowest BCUT2D eigenvalue weighted by Crippen LogP contribution is -2.32. The van der Waals surface area contributed by atoms with Crippen molar-refractivity contribution in [1.29, 1.82) is 0 Å². The standard InChI is InChI=1S/C17H19ClN2/c18-16-10-5-4-9-15(16)17-13-19-11-6-12-20(17)14-7-2-1-3-8-14/h1-5,7-10,17,19H,6,11-13H2/t17-/m0/s1. The minimum absolute atomic E-state index is 0.286. The Morgan fingerprint density at radius 2 is 1.75 bits per heavy atom. The maximum absolute atomic E-state index is 6.41. The van der Waals surface area contributed by atoms with Crippen LogP contribution >= 0.6 is 11.6 Å². The van der Waals surface area contributed by atoms with Gasteiger partial charge in [0.2, 0.25) is 0 Å². The first-order chi connectivity index (χ1) is 9.86. The van der Waals surface area contributed by atoms with E-state index in [1.165, 1.54) is 11.3 Å². The maximum atomic E-state index is 6.41. The molecule has 0 aliphatic carbocycles. The monoisotopic (exact) mass is 286 g/mol. The molecule has 1 N–H and O–H groups in total. The van der Waals surface area contributed by atoms with Gasteiger partial charge in [0.1, 0.15) is 0 Å². The summed E-state index contributed by atoms with van der Waals surface area (Å²) in [4.78, 5) is 2.46. The molecule has 20 heavy (non-hydrogen) atoms. The van der Waals surface area contributed by atoms with Crippen LogP contribution in [0.4, 0.5) is 5.69 Å². The van der Waals surface area contributed by atoms with E-state index in [0.717, 1.165) is 31.1 Å². The maximum Gasteiger partial charge on any atom is 0.0681 e. The summed E-state index contributed by atoms with van der Waals surface area (Å²) in [5.74, 6) is 0. The first-order valence-corrected chi connectivity index (χ1v) is 7.51. The van der Waals surface area contributed by atoms with Crippen LogP contribution in [0, 0.1) is 0 Å². The minimum atomic E-state index is 0.286. The second-order valence-corrected chi connectivity index (χ2v) is 5.53. The van der Waals surface area contributed by atoms with Gasteiger partial charge in [0.05, 0.1) is 6.04 Å². The highest BCUT2D eigenvalue weighted by atomic mass is 35.5. The molecule has 0 unspecified atom stereocenters. The summed E-state index contributed by atoms with van der Waals surface area (Å²) in [6.07, 6.45) is 1.15. The van der Waals surface area contributed by atoms with E-state index in [1.54, 1.807) is 0 Å². The summed E-state index contributed by atoms with van der Waals surface area (Å²) >= 11 is 6.41. The smallest absolute Gasteiger partial charge is 0.0681 e. The van der Waals surface area contributed by atoms with E-state index in [9.17, 15) is 0 Å². The van der Waals surface area contributed by atoms with Gasteiger partial charge in [0.25, 0.3) is 0 Å². The number of nitrogens with zero attached hydrogens (tertiary/aromatic N) is 1. The highest BCUT2D eigenvalue weighted by Gasteiger charge is 2.24. The second-order valence-electron chi connectivity index (χ2n) is 5.12. The Bertz CT molecular complexity index is 556. The number of hydrogen-bond donors (Lipinski definition) is 1. The van der Waals surface area contributed by atoms with Gasteiger partial charge in [0.15, 0.2) is 0 Å². The highest BCUT2D eigenvalue weighted by molar-refractivity contribution is 6.31. The lowest BCUT2D eigenvalue weighted by atomic mass is 10.0. The number of nitrogens with one attached hydrogen (secondary N) is 1. The fourth-order valence-electron chi connectivity index (χ4n) is 2.83. The number of para-hydroxylation sites is 1. The van der Waals surface area contributed by atoms with Gasteiger partial charge in [-0.3, -0.25) is 0 Å². The molecule has 1 aliphatic heterocycles. The Kier molecular flexibility index (Phi) is 4.24. The predicted molar refractivity (Wildman–Crippen MR) is 85.5 cm³/mol. The Hall–Kier alpha value is -1.51. The van der Waals surface area contributed by atoms with Crippen LogP contribution in [0.15, 0.2) is 54.6 Å². The summed E-state index contributed by atoms with van der Waals surface area (Å²) < 4.78 is 0. The predicted octanol–water partition coefficient (Wildman–Crippen LogP) is 3.88. The van der Waals surface area contributed by atoms with Crippen molar-refractivity contribution in [1.82, 2.24) is 5.32 Å². The SMILES string of the molecule is Clc1ccccc1[C@@H]1CNCCCN1c1ccccc1. The van der Waals surface area contributed by atoms with Crippen LogP contribution in [0.25, 0.3) is 0 Å². The number of rotatable bonds is 2. The first-order valence-electron chi connectivity index (χ1n) is 7.13. The molecule has 0 amide bonds. The highest BCUT2D eigenvalue weighted by Crippen LogP contribution is 2.32. The third kappa shape index (κ3) is 2.82. The summed E-state index contributed by atoms with van der Waals surface area (Å²) in [5.41, 5.74) is 2.47. The molecule has 0 spiro atoms. The zero-order valence-corrected chi connectivity index (χ0v) is 12.2. The molecule has 1 heterocycles. The molecule has 104 valence electrons. The first kappa shape index (κ1) is 13.5. The van der Waals surface area contributed by atoms with Crippen LogP contribution in [0.1, 0.15) is 18.0 Å². The molecular weight excluding hydrogens is 268 g/mol. The summed E-state index contributed by atoms with van der Waals surface area (Å²) in [6, 6.07) is 19.1. The van der Waals surface area contributed by atoms with E-state index in [2.05, 4.69) is 52.7 Å². The van der Waals surface area contributed by atoms with E-state index in [-0.39, 0.29) is 6.04 Å². The van der Waals surface area contributed by atoms with Crippen molar-refractivity contribution in [3.05, 3.63) is 65.2 Å². The van der Waals surface area contributed by atoms with Crippen molar-refractivity contribution in [2.45, 2.75) is 12.5 Å². The van der Waals surface area contributed by atoms with Gasteiger partial charge in [0, 0.05) is 23.8 Å². The minimum Gasteiger partial charge on any atom is -0.363 e. The van der Waals surface area contributed by atoms with Crippen molar-refractivity contribution < 1.29 is 0 Å². The molecule has 1 atom stereocenters. The van der Waals surface area contributed by atoms with Crippen LogP contribution < -0.4 is 10.2 Å². The zero-order chi connectivity index (χ0) is 13.8. The molecule has 3 heteroatoms. The fraction of sp³-hybridized carbons (Fsp3) is 0.294. The molecule has 0 saturated carbocycles. The lowest BCUT2D eigenvalue weighted by molar-refractivity contribution is 0.617.